The third kappa shape index (κ3) is 4.23. The number of terminal acetylenes is 1. The fraction of sp³-hybridized carbons (Fsp3) is 0.200. The summed E-state index contributed by atoms with van der Waals surface area (Å²) >= 11 is 4.97. The van der Waals surface area contributed by atoms with E-state index in [9.17, 15) is 0 Å². The first-order valence-electron chi connectivity index (χ1n) is 6.29. The van der Waals surface area contributed by atoms with Crippen molar-refractivity contribution in [3.63, 3.8) is 0 Å². The van der Waals surface area contributed by atoms with E-state index >= 15 is 0 Å². The van der Waals surface area contributed by atoms with Crippen LogP contribution >= 0.6 is 27.3 Å². The van der Waals surface area contributed by atoms with Crippen LogP contribution in [0.25, 0.3) is 0 Å². The molecular weight excluding hydrogens is 366 g/mol. The third-order valence-corrected chi connectivity index (χ3v) is 4.13. The molecule has 0 saturated carbocycles. The maximum atomic E-state index is 5.43. The van der Waals surface area contributed by atoms with Crippen molar-refractivity contribution in [2.24, 2.45) is 5.10 Å². The van der Waals surface area contributed by atoms with Gasteiger partial charge in [0.25, 0.3) is 0 Å². The molecule has 0 bridgehead atoms. The van der Waals surface area contributed by atoms with Crippen LogP contribution in [-0.2, 0) is 0 Å². The number of rotatable bonds is 6. The van der Waals surface area contributed by atoms with Crippen LogP contribution in [0.4, 0.5) is 5.13 Å². The predicted octanol–water partition coefficient (Wildman–Crippen LogP) is 3.68. The monoisotopic (exact) mass is 379 g/mol. The van der Waals surface area contributed by atoms with Crippen molar-refractivity contribution in [1.82, 2.24) is 4.98 Å². The highest BCUT2D eigenvalue weighted by Crippen LogP contribution is 2.32. The lowest BCUT2D eigenvalue weighted by Gasteiger charge is -2.10. The number of hydrogen-bond acceptors (Lipinski definition) is 6. The first-order chi connectivity index (χ1) is 10.6. The van der Waals surface area contributed by atoms with E-state index in [1.807, 2.05) is 18.4 Å². The fourth-order valence-electron chi connectivity index (χ4n) is 1.60. The molecule has 5 nitrogen and oxygen atoms in total. The smallest absolute Gasteiger partial charge is 0.203 e. The van der Waals surface area contributed by atoms with Gasteiger partial charge < -0.3 is 9.47 Å². The lowest BCUT2D eigenvalue weighted by molar-refractivity contribution is 0.330. The zero-order valence-corrected chi connectivity index (χ0v) is 14.5. The number of anilines is 1. The van der Waals surface area contributed by atoms with Gasteiger partial charge in [-0.1, -0.05) is 5.92 Å². The number of ether oxygens (including phenoxy) is 2. The first-order valence-corrected chi connectivity index (χ1v) is 7.96. The molecule has 1 aromatic heterocycles. The fourth-order valence-corrected chi connectivity index (χ4v) is 2.67. The SMILES string of the molecule is C#CCOc1cc(Br)c(C=NNc2nc(C)cs2)cc1OC. The van der Waals surface area contributed by atoms with Gasteiger partial charge in [0.2, 0.25) is 5.13 Å². The molecule has 0 aliphatic rings. The summed E-state index contributed by atoms with van der Waals surface area (Å²) in [6.07, 6.45) is 6.87. The van der Waals surface area contributed by atoms with Crippen molar-refractivity contribution < 1.29 is 9.47 Å². The van der Waals surface area contributed by atoms with Crippen molar-refractivity contribution in [2.45, 2.75) is 6.92 Å². The van der Waals surface area contributed by atoms with Crippen LogP contribution in [0, 0.1) is 19.3 Å². The Kier molecular flexibility index (Phi) is 5.81. The maximum Gasteiger partial charge on any atom is 0.203 e. The van der Waals surface area contributed by atoms with Crippen molar-refractivity contribution >= 4 is 38.6 Å². The van der Waals surface area contributed by atoms with Gasteiger partial charge >= 0.3 is 0 Å². The maximum absolute atomic E-state index is 5.43. The minimum atomic E-state index is 0.182. The Balaban J connectivity index is 2.15. The summed E-state index contributed by atoms with van der Waals surface area (Å²) in [6, 6.07) is 3.61. The van der Waals surface area contributed by atoms with E-state index in [1.165, 1.54) is 11.3 Å². The van der Waals surface area contributed by atoms with Gasteiger partial charge in [0.1, 0.15) is 6.61 Å². The molecule has 2 rings (SSSR count). The second kappa shape index (κ2) is 7.82. The Bertz CT molecular complexity index is 722. The number of benzene rings is 1. The molecule has 0 aliphatic heterocycles. The number of halogens is 1. The largest absolute Gasteiger partial charge is 0.493 e. The van der Waals surface area contributed by atoms with Gasteiger partial charge in [-0.25, -0.2) is 4.98 Å². The Morgan fingerprint density at radius 1 is 1.50 bits per heavy atom. The van der Waals surface area contributed by atoms with Crippen LogP contribution in [0.2, 0.25) is 0 Å². The summed E-state index contributed by atoms with van der Waals surface area (Å²) in [7, 11) is 1.57. The molecule has 2 aromatic rings. The minimum absolute atomic E-state index is 0.182. The van der Waals surface area contributed by atoms with Crippen LogP contribution in [-0.4, -0.2) is 24.9 Å². The Labute approximate surface area is 141 Å². The molecule has 7 heteroatoms. The molecule has 1 aromatic carbocycles. The van der Waals surface area contributed by atoms with Gasteiger partial charge in [0, 0.05) is 15.4 Å². The number of aromatic nitrogens is 1. The Hall–Kier alpha value is -2.04. The van der Waals surface area contributed by atoms with Gasteiger partial charge in [0.05, 0.1) is 19.0 Å². The van der Waals surface area contributed by atoms with E-state index in [0.29, 0.717) is 11.5 Å². The van der Waals surface area contributed by atoms with E-state index in [4.69, 9.17) is 15.9 Å². The van der Waals surface area contributed by atoms with Crippen molar-refractivity contribution in [3.05, 3.63) is 33.2 Å². The molecule has 0 aliphatic carbocycles. The first kappa shape index (κ1) is 16.3. The zero-order valence-electron chi connectivity index (χ0n) is 12.1. The van der Waals surface area contributed by atoms with E-state index in [2.05, 4.69) is 37.4 Å². The van der Waals surface area contributed by atoms with E-state index < -0.39 is 0 Å². The second-order valence-electron chi connectivity index (χ2n) is 4.18. The summed E-state index contributed by atoms with van der Waals surface area (Å²) < 4.78 is 11.5. The van der Waals surface area contributed by atoms with Crippen LogP contribution in [0.3, 0.4) is 0 Å². The molecule has 0 atom stereocenters. The number of thiazole rings is 1. The molecule has 0 fully saturated rings. The predicted molar refractivity (Wildman–Crippen MR) is 93.1 cm³/mol. The molecule has 114 valence electrons. The highest BCUT2D eigenvalue weighted by atomic mass is 79.9. The van der Waals surface area contributed by atoms with E-state index in [0.717, 1.165) is 20.9 Å². The van der Waals surface area contributed by atoms with Gasteiger partial charge in [-0.3, -0.25) is 5.43 Å². The number of nitrogens with one attached hydrogen (secondary N) is 1. The number of methoxy groups -OCH3 is 1. The molecule has 0 saturated heterocycles. The third-order valence-electron chi connectivity index (χ3n) is 2.58. The average Bonchev–Trinajstić information content (AvgIpc) is 2.92. The van der Waals surface area contributed by atoms with Crippen molar-refractivity contribution in [3.8, 4) is 23.8 Å². The number of nitrogens with zero attached hydrogens (tertiary/aromatic N) is 2. The zero-order chi connectivity index (χ0) is 15.9. The normalized spacial score (nSPS) is 10.5. The topological polar surface area (TPSA) is 55.7 Å². The summed E-state index contributed by atoms with van der Waals surface area (Å²) in [5, 5.41) is 6.86. The van der Waals surface area contributed by atoms with Crippen LogP contribution in [0.1, 0.15) is 11.3 Å². The molecule has 1 N–H and O–H groups in total. The van der Waals surface area contributed by atoms with Crippen molar-refractivity contribution in [2.75, 3.05) is 19.1 Å². The lowest BCUT2D eigenvalue weighted by atomic mass is 10.2. The van der Waals surface area contributed by atoms with Crippen LogP contribution < -0.4 is 14.9 Å². The van der Waals surface area contributed by atoms with E-state index in [1.54, 1.807) is 19.4 Å². The highest BCUT2D eigenvalue weighted by Gasteiger charge is 2.09. The molecular formula is C15H14BrN3O2S. The van der Waals surface area contributed by atoms with Gasteiger partial charge in [-0.15, -0.1) is 17.8 Å². The molecule has 0 radical (unpaired) electrons. The molecule has 1 heterocycles. The molecule has 0 unspecified atom stereocenters. The lowest BCUT2D eigenvalue weighted by Crippen LogP contribution is -1.99. The Morgan fingerprint density at radius 2 is 2.32 bits per heavy atom. The van der Waals surface area contributed by atoms with E-state index in [-0.39, 0.29) is 6.61 Å². The van der Waals surface area contributed by atoms with Crippen molar-refractivity contribution in [1.29, 1.82) is 0 Å². The average molecular weight is 380 g/mol. The van der Waals surface area contributed by atoms with Crippen LogP contribution in [0.15, 0.2) is 27.1 Å². The van der Waals surface area contributed by atoms with Gasteiger partial charge in [-0.05, 0) is 35.0 Å². The molecule has 22 heavy (non-hydrogen) atoms. The number of hydrazone groups is 1. The summed E-state index contributed by atoms with van der Waals surface area (Å²) in [5.74, 6) is 3.59. The standard InChI is InChI=1S/C15H14BrN3O2S/c1-4-5-21-14-7-12(16)11(6-13(14)20-3)8-17-19-15-18-10(2)9-22-15/h1,6-9H,5H2,2-3H3,(H,18,19). The van der Waals surface area contributed by atoms with Gasteiger partial charge in [-0.2, -0.15) is 5.10 Å². The van der Waals surface area contributed by atoms with Gasteiger partial charge in [0.15, 0.2) is 11.5 Å². The summed E-state index contributed by atoms with van der Waals surface area (Å²) in [4.78, 5) is 4.26. The number of hydrogen-bond donors (Lipinski definition) is 1. The minimum Gasteiger partial charge on any atom is -0.493 e. The quantitative estimate of drug-likeness (QED) is 0.472. The summed E-state index contributed by atoms with van der Waals surface area (Å²) in [5.41, 5.74) is 4.68. The number of aryl methyl sites for hydroxylation is 1. The highest BCUT2D eigenvalue weighted by molar-refractivity contribution is 9.10. The Morgan fingerprint density at radius 3 is 2.95 bits per heavy atom. The molecule has 0 amide bonds. The molecule has 0 spiro atoms. The second-order valence-corrected chi connectivity index (χ2v) is 5.89. The summed E-state index contributed by atoms with van der Waals surface area (Å²) in [6.45, 7) is 2.11. The van der Waals surface area contributed by atoms with Crippen LogP contribution in [0.5, 0.6) is 11.5 Å².